The van der Waals surface area contributed by atoms with E-state index in [-0.39, 0.29) is 17.2 Å². The Morgan fingerprint density at radius 2 is 1.58 bits per heavy atom. The van der Waals surface area contributed by atoms with Gasteiger partial charge in [-0.1, -0.05) is 74.0 Å². The van der Waals surface area contributed by atoms with Gasteiger partial charge in [-0.3, -0.25) is 15.0 Å². The van der Waals surface area contributed by atoms with E-state index >= 15 is 0 Å². The normalized spacial score (nSPS) is 14.0. The molecule has 0 radical (unpaired) electrons. The lowest BCUT2D eigenvalue weighted by atomic mass is 9.82. The minimum atomic E-state index is -3.97. The molecule has 0 saturated heterocycles. The number of carbonyl (C=O) groups excluding carboxylic acids is 2. The zero-order valence-corrected chi connectivity index (χ0v) is 22.8. The number of hydrogen-bond donors (Lipinski definition) is 2. The van der Waals surface area contributed by atoms with E-state index in [1.54, 1.807) is 32.9 Å². The second-order valence-electron chi connectivity index (χ2n) is 10.3. The molecule has 196 valence electrons. The number of hydrazine groups is 1. The molecule has 2 N–H and O–H groups in total. The number of rotatable bonds is 11. The first-order valence-electron chi connectivity index (χ1n) is 12.1. The average Bonchev–Trinajstić information content (AvgIpc) is 2.79. The van der Waals surface area contributed by atoms with Crippen LogP contribution in [0.25, 0.3) is 6.08 Å². The summed E-state index contributed by atoms with van der Waals surface area (Å²) in [6, 6.07) is 15.9. The van der Waals surface area contributed by atoms with Crippen LogP contribution in [0.2, 0.25) is 0 Å². The minimum Gasteiger partial charge on any atom is -0.460 e. The van der Waals surface area contributed by atoms with Gasteiger partial charge < -0.3 is 4.74 Å². The summed E-state index contributed by atoms with van der Waals surface area (Å²) in [6.45, 7) is 11.1. The first-order valence-corrected chi connectivity index (χ1v) is 13.6. The second kappa shape index (κ2) is 12.8. The van der Waals surface area contributed by atoms with E-state index in [0.717, 1.165) is 11.1 Å². The van der Waals surface area contributed by atoms with Crippen LogP contribution in [-0.4, -0.2) is 25.9 Å². The van der Waals surface area contributed by atoms with Gasteiger partial charge in [-0.2, -0.15) is 0 Å². The topological polar surface area (TPSA) is 102 Å². The fraction of sp³-hybridized carbons (Fsp3) is 0.429. The molecule has 0 aliphatic heterocycles. The van der Waals surface area contributed by atoms with Crippen molar-refractivity contribution in [1.29, 1.82) is 0 Å². The monoisotopic (exact) mass is 514 g/mol. The maximum atomic E-state index is 13.3. The predicted octanol–water partition coefficient (Wildman–Crippen LogP) is 5.03. The van der Waals surface area contributed by atoms with Crippen LogP contribution >= 0.6 is 0 Å². The Labute approximate surface area is 215 Å². The van der Waals surface area contributed by atoms with Crippen LogP contribution in [0.5, 0.6) is 0 Å². The van der Waals surface area contributed by atoms with Gasteiger partial charge in [0.25, 0.3) is 10.0 Å². The molecule has 2 aromatic carbocycles. The van der Waals surface area contributed by atoms with Crippen molar-refractivity contribution in [3.8, 4) is 0 Å². The molecule has 7 nitrogen and oxygen atoms in total. The lowest BCUT2D eigenvalue weighted by Gasteiger charge is -2.29. The molecule has 0 saturated carbocycles. The van der Waals surface area contributed by atoms with Crippen LogP contribution in [-0.2, 0) is 24.3 Å². The summed E-state index contributed by atoms with van der Waals surface area (Å²) in [4.78, 5) is 28.7. The Morgan fingerprint density at radius 1 is 0.972 bits per heavy atom. The van der Waals surface area contributed by atoms with Crippen LogP contribution in [0.3, 0.4) is 0 Å². The molecule has 2 rings (SSSR count). The van der Waals surface area contributed by atoms with Gasteiger partial charge >= 0.3 is 5.97 Å². The van der Waals surface area contributed by atoms with Gasteiger partial charge in [0.1, 0.15) is 5.60 Å². The fourth-order valence-corrected chi connectivity index (χ4v) is 4.51. The van der Waals surface area contributed by atoms with Crippen LogP contribution in [0.15, 0.2) is 65.6 Å². The molecule has 0 heterocycles. The smallest absolute Gasteiger partial charge is 0.310 e. The third-order valence-electron chi connectivity index (χ3n) is 5.40. The number of amides is 1. The average molecular weight is 515 g/mol. The zero-order valence-electron chi connectivity index (χ0n) is 21.9. The summed E-state index contributed by atoms with van der Waals surface area (Å²) in [6.07, 6.45) is 4.38. The Kier molecular flexibility index (Phi) is 10.4. The summed E-state index contributed by atoms with van der Waals surface area (Å²) < 4.78 is 31.0. The zero-order chi connectivity index (χ0) is 26.9. The van der Waals surface area contributed by atoms with Crippen LogP contribution < -0.4 is 10.3 Å². The molecule has 0 aliphatic rings. The molecule has 0 aromatic heterocycles. The third kappa shape index (κ3) is 9.59. The largest absolute Gasteiger partial charge is 0.460 e. The molecular weight excluding hydrogens is 476 g/mol. The third-order valence-corrected chi connectivity index (χ3v) is 6.66. The Morgan fingerprint density at radius 3 is 2.14 bits per heavy atom. The summed E-state index contributed by atoms with van der Waals surface area (Å²) in [5.41, 5.74) is 3.49. The molecule has 0 fully saturated rings. The van der Waals surface area contributed by atoms with Crippen molar-refractivity contribution in [2.24, 2.45) is 17.8 Å². The number of esters is 1. The number of sulfonamides is 1. The highest BCUT2D eigenvalue weighted by Gasteiger charge is 2.36. The molecular formula is C28H38N2O5S. The highest BCUT2D eigenvalue weighted by Crippen LogP contribution is 2.28. The molecule has 0 aliphatic carbocycles. The maximum absolute atomic E-state index is 13.3. The predicted molar refractivity (Wildman–Crippen MR) is 142 cm³/mol. The van der Waals surface area contributed by atoms with E-state index < -0.39 is 39.3 Å². The molecule has 0 bridgehead atoms. The van der Waals surface area contributed by atoms with Gasteiger partial charge in [-0.15, -0.1) is 4.83 Å². The van der Waals surface area contributed by atoms with Gasteiger partial charge in [0.15, 0.2) is 0 Å². The second-order valence-corrected chi connectivity index (χ2v) is 12.0. The van der Waals surface area contributed by atoms with Gasteiger partial charge in [-0.05, 0) is 64.2 Å². The first kappa shape index (κ1) is 29.3. The summed E-state index contributed by atoms with van der Waals surface area (Å²) in [5, 5.41) is 0. The SMILES string of the molecule is Cc1ccc(S(=O)(=O)NNC(=O)[C@H](CC(C)C)[C@H](C/C=C/c2ccccc2)C(=O)OC(C)(C)C)cc1. The van der Waals surface area contributed by atoms with E-state index in [0.29, 0.717) is 6.42 Å². The molecule has 2 aromatic rings. The number of ether oxygens (including phenoxy) is 1. The van der Waals surface area contributed by atoms with Crippen LogP contribution in [0.4, 0.5) is 0 Å². The summed E-state index contributed by atoms with van der Waals surface area (Å²) >= 11 is 0. The van der Waals surface area contributed by atoms with Gasteiger partial charge in [0.2, 0.25) is 5.91 Å². The fourth-order valence-electron chi connectivity index (χ4n) is 3.67. The standard InChI is InChI=1S/C28H38N2O5S/c1-20(2)19-25(26(31)29-30-36(33,34)23-17-15-21(3)16-18-23)24(27(32)35-28(4,5)6)14-10-13-22-11-8-7-9-12-22/h7-13,15-18,20,24-25,30H,14,19H2,1-6H3,(H,29,31)/b13-10+/t24-,25+/m0/s1. The van der Waals surface area contributed by atoms with Gasteiger partial charge in [0, 0.05) is 0 Å². The molecule has 0 unspecified atom stereocenters. The molecule has 8 heteroatoms. The van der Waals surface area contributed by atoms with E-state index in [2.05, 4.69) is 10.3 Å². The van der Waals surface area contributed by atoms with Crippen molar-refractivity contribution in [3.63, 3.8) is 0 Å². The maximum Gasteiger partial charge on any atom is 0.310 e. The van der Waals surface area contributed by atoms with E-state index in [1.165, 1.54) is 12.1 Å². The summed E-state index contributed by atoms with van der Waals surface area (Å²) in [7, 11) is -3.97. The van der Waals surface area contributed by atoms with Crippen molar-refractivity contribution in [1.82, 2.24) is 10.3 Å². The number of aryl methyl sites for hydroxylation is 1. The van der Waals surface area contributed by atoms with E-state index in [1.807, 2.05) is 63.3 Å². The highest BCUT2D eigenvalue weighted by atomic mass is 32.2. The number of benzene rings is 2. The van der Waals surface area contributed by atoms with Crippen molar-refractivity contribution < 1.29 is 22.7 Å². The molecule has 2 atom stereocenters. The van der Waals surface area contributed by atoms with Gasteiger partial charge in [-0.25, -0.2) is 8.42 Å². The first-order chi connectivity index (χ1) is 16.8. The summed E-state index contributed by atoms with van der Waals surface area (Å²) in [5.74, 6) is -2.60. The van der Waals surface area contributed by atoms with Crippen LogP contribution in [0.1, 0.15) is 58.6 Å². The number of hydrogen-bond acceptors (Lipinski definition) is 5. The lowest BCUT2D eigenvalue weighted by molar-refractivity contribution is -0.164. The Bertz CT molecular complexity index is 1130. The number of nitrogens with one attached hydrogen (secondary N) is 2. The van der Waals surface area contributed by atoms with Gasteiger partial charge in [0.05, 0.1) is 16.7 Å². The molecule has 0 spiro atoms. The van der Waals surface area contributed by atoms with Crippen LogP contribution in [0, 0.1) is 24.7 Å². The van der Waals surface area contributed by atoms with Crippen molar-refractivity contribution in [2.75, 3.05) is 0 Å². The highest BCUT2D eigenvalue weighted by molar-refractivity contribution is 7.89. The Balaban J connectivity index is 2.27. The van der Waals surface area contributed by atoms with E-state index in [9.17, 15) is 18.0 Å². The minimum absolute atomic E-state index is 0.0308. The quantitative estimate of drug-likeness (QED) is 0.324. The van der Waals surface area contributed by atoms with Crippen molar-refractivity contribution in [2.45, 2.75) is 64.9 Å². The number of carbonyl (C=O) groups is 2. The Hall–Kier alpha value is -2.97. The van der Waals surface area contributed by atoms with E-state index in [4.69, 9.17) is 4.74 Å². The van der Waals surface area contributed by atoms with Crippen molar-refractivity contribution >= 4 is 28.0 Å². The molecule has 1 amide bonds. The lowest BCUT2D eigenvalue weighted by Crippen LogP contribution is -2.48. The number of allylic oxidation sites excluding steroid dienone is 1. The molecule has 36 heavy (non-hydrogen) atoms. The van der Waals surface area contributed by atoms with Crippen molar-refractivity contribution in [3.05, 3.63) is 71.8 Å².